The van der Waals surface area contributed by atoms with Gasteiger partial charge in [-0.15, -0.1) is 0 Å². The molecule has 2 aromatic carbocycles. The number of rotatable bonds is 7. The molecule has 0 aliphatic heterocycles. The van der Waals surface area contributed by atoms with Crippen LogP contribution >= 0.6 is 0 Å². The van der Waals surface area contributed by atoms with Crippen molar-refractivity contribution in [2.45, 2.75) is 25.4 Å². The van der Waals surface area contributed by atoms with Gasteiger partial charge in [0.25, 0.3) is 0 Å². The fourth-order valence-electron chi connectivity index (χ4n) is 4.65. The lowest BCUT2D eigenvalue weighted by molar-refractivity contribution is 0.0649. The summed E-state index contributed by atoms with van der Waals surface area (Å²) in [5.74, 6) is -1.47. The van der Waals surface area contributed by atoms with E-state index in [-0.39, 0.29) is 24.8 Å². The summed E-state index contributed by atoms with van der Waals surface area (Å²) in [6.07, 6.45) is 2.41. The first-order chi connectivity index (χ1) is 17.0. The molecule has 1 aliphatic rings. The number of carbonyl (C=O) groups excluding carboxylic acids is 1. The predicted molar refractivity (Wildman–Crippen MR) is 129 cm³/mol. The van der Waals surface area contributed by atoms with Gasteiger partial charge in [-0.25, -0.2) is 9.59 Å². The van der Waals surface area contributed by atoms with Gasteiger partial charge >= 0.3 is 12.1 Å². The molecule has 1 aliphatic carbocycles. The van der Waals surface area contributed by atoms with Crippen LogP contribution in [0.5, 0.6) is 0 Å². The molecule has 0 radical (unpaired) electrons. The zero-order valence-electron chi connectivity index (χ0n) is 19.1. The Bertz CT molecular complexity index is 1320. The second kappa shape index (κ2) is 9.46. The number of amides is 1. The third-order valence-electron chi connectivity index (χ3n) is 6.44. The van der Waals surface area contributed by atoms with Gasteiger partial charge in [0, 0.05) is 17.7 Å². The van der Waals surface area contributed by atoms with Crippen molar-refractivity contribution in [3.05, 3.63) is 113 Å². The number of ether oxygens (including phenoxy) is 1. The van der Waals surface area contributed by atoms with E-state index >= 15 is 0 Å². The van der Waals surface area contributed by atoms with Crippen molar-refractivity contribution < 1.29 is 23.8 Å². The normalized spacial score (nSPS) is 13.1. The first kappa shape index (κ1) is 22.4. The summed E-state index contributed by atoms with van der Waals surface area (Å²) in [7, 11) is 0. The van der Waals surface area contributed by atoms with Crippen LogP contribution in [0, 0.1) is 0 Å². The van der Waals surface area contributed by atoms with E-state index in [2.05, 4.69) is 29.2 Å². The van der Waals surface area contributed by atoms with Crippen molar-refractivity contribution in [3.8, 4) is 11.1 Å². The number of pyridine rings is 1. The van der Waals surface area contributed by atoms with Gasteiger partial charge < -0.3 is 14.3 Å². The Balaban J connectivity index is 1.41. The maximum atomic E-state index is 13.4. The molecule has 1 amide bonds. The molecule has 176 valence electrons. The average molecular weight is 469 g/mol. The molecule has 1 N–H and O–H groups in total. The Labute approximate surface area is 202 Å². The number of fused-ring (bicyclic) bond motifs is 3. The first-order valence-corrected chi connectivity index (χ1v) is 11.4. The SMILES string of the molecule is CC(c1ccccn1)N(Cc1ccoc1C(=O)O)C(=O)OCC1c2ccccc2-c2ccccc21. The molecular weight excluding hydrogens is 444 g/mol. The number of aromatic nitrogens is 1. The molecule has 4 aromatic rings. The van der Waals surface area contributed by atoms with Crippen LogP contribution in [-0.4, -0.2) is 33.7 Å². The summed E-state index contributed by atoms with van der Waals surface area (Å²) in [5, 5.41) is 9.45. The van der Waals surface area contributed by atoms with Gasteiger partial charge in [0.05, 0.1) is 24.5 Å². The van der Waals surface area contributed by atoms with Gasteiger partial charge in [-0.05, 0) is 47.4 Å². The number of hydrogen-bond acceptors (Lipinski definition) is 5. The molecule has 0 spiro atoms. The fourth-order valence-corrected chi connectivity index (χ4v) is 4.65. The molecule has 2 aromatic heterocycles. The molecule has 0 saturated heterocycles. The number of carbonyl (C=O) groups is 2. The van der Waals surface area contributed by atoms with Crippen molar-refractivity contribution in [1.29, 1.82) is 0 Å². The monoisotopic (exact) mass is 468 g/mol. The zero-order chi connectivity index (χ0) is 24.4. The molecule has 0 saturated carbocycles. The summed E-state index contributed by atoms with van der Waals surface area (Å²) < 4.78 is 11.0. The minimum absolute atomic E-state index is 0.00650. The maximum Gasteiger partial charge on any atom is 0.410 e. The topological polar surface area (TPSA) is 92.9 Å². The Kier molecular flexibility index (Phi) is 6.06. The lowest BCUT2D eigenvalue weighted by Gasteiger charge is -2.28. The van der Waals surface area contributed by atoms with E-state index < -0.39 is 18.1 Å². The number of aromatic carboxylic acids is 1. The quantitative estimate of drug-likeness (QED) is 0.364. The molecule has 1 atom stereocenters. The Morgan fingerprint density at radius 1 is 1.00 bits per heavy atom. The standard InChI is InChI=1S/C28H24N2O5/c1-18(25-12-6-7-14-29-25)30(16-19-13-15-34-26(19)27(31)32)28(33)35-17-24-22-10-4-2-8-20(22)21-9-3-5-11-23(21)24/h2-15,18,24H,16-17H2,1H3,(H,31,32). The summed E-state index contributed by atoms with van der Waals surface area (Å²) in [5.41, 5.74) is 5.58. The second-order valence-electron chi connectivity index (χ2n) is 8.44. The van der Waals surface area contributed by atoms with E-state index in [1.54, 1.807) is 18.3 Å². The van der Waals surface area contributed by atoms with E-state index in [0.29, 0.717) is 11.3 Å². The largest absolute Gasteiger partial charge is 0.475 e. The number of nitrogens with zero attached hydrogens (tertiary/aromatic N) is 2. The zero-order valence-corrected chi connectivity index (χ0v) is 19.1. The third-order valence-corrected chi connectivity index (χ3v) is 6.44. The molecule has 1 unspecified atom stereocenters. The molecule has 0 fully saturated rings. The van der Waals surface area contributed by atoms with Crippen LogP contribution in [0.2, 0.25) is 0 Å². The van der Waals surface area contributed by atoms with Gasteiger partial charge in [0.15, 0.2) is 0 Å². The lowest BCUT2D eigenvalue weighted by atomic mass is 9.98. The molecule has 0 bridgehead atoms. The summed E-state index contributed by atoms with van der Waals surface area (Å²) in [4.78, 5) is 30.9. The van der Waals surface area contributed by atoms with Crippen LogP contribution in [-0.2, 0) is 11.3 Å². The highest BCUT2D eigenvalue weighted by molar-refractivity contribution is 5.86. The van der Waals surface area contributed by atoms with Crippen molar-refractivity contribution >= 4 is 12.1 Å². The van der Waals surface area contributed by atoms with Gasteiger partial charge in [0.1, 0.15) is 6.61 Å². The predicted octanol–water partition coefficient (Wildman–Crippen LogP) is 5.89. The van der Waals surface area contributed by atoms with Crippen LogP contribution in [0.25, 0.3) is 11.1 Å². The average Bonchev–Trinajstić information content (AvgIpc) is 3.49. The molecule has 2 heterocycles. The van der Waals surface area contributed by atoms with Gasteiger partial charge in [-0.2, -0.15) is 0 Å². The Morgan fingerprint density at radius 2 is 1.66 bits per heavy atom. The highest BCUT2D eigenvalue weighted by Gasteiger charge is 2.31. The van der Waals surface area contributed by atoms with Crippen LogP contribution in [0.3, 0.4) is 0 Å². The number of carboxylic acids is 1. The van der Waals surface area contributed by atoms with E-state index in [4.69, 9.17) is 9.15 Å². The van der Waals surface area contributed by atoms with Crippen molar-refractivity contribution in [2.75, 3.05) is 6.61 Å². The number of furan rings is 1. The van der Waals surface area contributed by atoms with Crippen molar-refractivity contribution in [3.63, 3.8) is 0 Å². The molecule has 7 heteroatoms. The Morgan fingerprint density at radius 3 is 2.29 bits per heavy atom. The first-order valence-electron chi connectivity index (χ1n) is 11.4. The van der Waals surface area contributed by atoms with E-state index in [9.17, 15) is 14.7 Å². The minimum Gasteiger partial charge on any atom is -0.475 e. The van der Waals surface area contributed by atoms with Gasteiger partial charge in [-0.3, -0.25) is 9.88 Å². The fraction of sp³-hybridized carbons (Fsp3) is 0.179. The molecule has 5 rings (SSSR count). The van der Waals surface area contributed by atoms with Crippen molar-refractivity contribution in [2.24, 2.45) is 0 Å². The molecule has 7 nitrogen and oxygen atoms in total. The van der Waals surface area contributed by atoms with Crippen LogP contribution in [0.1, 0.15) is 51.8 Å². The summed E-state index contributed by atoms with van der Waals surface area (Å²) >= 11 is 0. The maximum absolute atomic E-state index is 13.4. The Hall–Kier alpha value is -4.39. The van der Waals surface area contributed by atoms with E-state index in [1.807, 2.05) is 43.3 Å². The van der Waals surface area contributed by atoms with E-state index in [0.717, 1.165) is 22.3 Å². The van der Waals surface area contributed by atoms with Crippen LogP contribution < -0.4 is 0 Å². The number of benzene rings is 2. The van der Waals surface area contributed by atoms with E-state index in [1.165, 1.54) is 11.2 Å². The second-order valence-corrected chi connectivity index (χ2v) is 8.44. The third kappa shape index (κ3) is 4.28. The number of hydrogen-bond donors (Lipinski definition) is 1. The highest BCUT2D eigenvalue weighted by atomic mass is 16.6. The molecular formula is C28H24N2O5. The van der Waals surface area contributed by atoms with Crippen molar-refractivity contribution in [1.82, 2.24) is 9.88 Å². The van der Waals surface area contributed by atoms with Crippen LogP contribution in [0.15, 0.2) is 89.7 Å². The highest BCUT2D eigenvalue weighted by Crippen LogP contribution is 2.44. The van der Waals surface area contributed by atoms with Gasteiger partial charge in [0.2, 0.25) is 5.76 Å². The summed E-state index contributed by atoms with van der Waals surface area (Å²) in [6, 6.07) is 22.8. The van der Waals surface area contributed by atoms with Crippen LogP contribution in [0.4, 0.5) is 4.79 Å². The smallest absolute Gasteiger partial charge is 0.410 e. The summed E-state index contributed by atoms with van der Waals surface area (Å²) in [6.45, 7) is 2.01. The minimum atomic E-state index is -1.19. The van der Waals surface area contributed by atoms with Gasteiger partial charge in [-0.1, -0.05) is 54.6 Å². The lowest BCUT2D eigenvalue weighted by Crippen LogP contribution is -2.35. The number of carboxylic acid groups (broad SMARTS) is 1. The molecule has 35 heavy (non-hydrogen) atoms.